The first-order valence-corrected chi connectivity index (χ1v) is 11.4. The minimum atomic E-state index is -4.60. The zero-order valence-corrected chi connectivity index (χ0v) is 19.6. The van der Waals surface area contributed by atoms with Crippen molar-refractivity contribution in [2.24, 2.45) is 10.7 Å². The average Bonchev–Trinajstić information content (AvgIpc) is 2.77. The zero-order valence-electron chi connectivity index (χ0n) is 18.7. The van der Waals surface area contributed by atoms with E-state index >= 15 is 0 Å². The van der Waals surface area contributed by atoms with Crippen molar-refractivity contribution >= 4 is 27.5 Å². The average molecular weight is 502 g/mol. The highest BCUT2D eigenvalue weighted by Gasteiger charge is 2.48. The van der Waals surface area contributed by atoms with Crippen LogP contribution in [-0.4, -0.2) is 47.8 Å². The SMILES string of the molecule is CN1C[C@@](C)(c2cc(NC(=O)c3ccc(C(F)(F)F)cn3)ccc2F)N=C(N)C(C)(C)S1(=O)=O. The van der Waals surface area contributed by atoms with Gasteiger partial charge in [0.05, 0.1) is 5.56 Å². The normalized spacial score (nSPS) is 22.5. The molecule has 0 saturated carbocycles. The Morgan fingerprint density at radius 2 is 1.82 bits per heavy atom. The van der Waals surface area contributed by atoms with E-state index in [1.165, 1.54) is 40.0 Å². The van der Waals surface area contributed by atoms with Gasteiger partial charge in [-0.25, -0.2) is 17.1 Å². The first-order valence-electron chi connectivity index (χ1n) is 9.95. The van der Waals surface area contributed by atoms with Gasteiger partial charge in [0.15, 0.2) is 0 Å². The Morgan fingerprint density at radius 1 is 1.18 bits per heavy atom. The van der Waals surface area contributed by atoms with Crippen LogP contribution in [0, 0.1) is 5.82 Å². The number of halogens is 4. The summed E-state index contributed by atoms with van der Waals surface area (Å²) in [5.41, 5.74) is 3.36. The fourth-order valence-corrected chi connectivity index (χ4v) is 5.04. The van der Waals surface area contributed by atoms with Gasteiger partial charge in [0, 0.05) is 31.0 Å². The van der Waals surface area contributed by atoms with Crippen LogP contribution in [0.3, 0.4) is 0 Å². The summed E-state index contributed by atoms with van der Waals surface area (Å²) in [6, 6.07) is 5.22. The fraction of sp³-hybridized carbons (Fsp3) is 0.381. The van der Waals surface area contributed by atoms with Gasteiger partial charge >= 0.3 is 6.18 Å². The van der Waals surface area contributed by atoms with Gasteiger partial charge < -0.3 is 11.1 Å². The molecule has 3 rings (SSSR count). The number of hydrogen-bond donors (Lipinski definition) is 2. The molecule has 0 unspecified atom stereocenters. The third-order valence-corrected chi connectivity index (χ3v) is 8.15. The lowest BCUT2D eigenvalue weighted by atomic mass is 9.91. The molecule has 1 aromatic carbocycles. The van der Waals surface area contributed by atoms with Crippen LogP contribution in [0.5, 0.6) is 0 Å². The number of aliphatic imine (C=N–C) groups is 1. The van der Waals surface area contributed by atoms with Crippen LogP contribution >= 0.6 is 0 Å². The van der Waals surface area contributed by atoms with Crippen molar-refractivity contribution in [3.05, 3.63) is 59.2 Å². The monoisotopic (exact) mass is 501 g/mol. The van der Waals surface area contributed by atoms with Crippen LogP contribution < -0.4 is 11.1 Å². The second-order valence-electron chi connectivity index (χ2n) is 8.62. The Morgan fingerprint density at radius 3 is 2.38 bits per heavy atom. The van der Waals surface area contributed by atoms with Crippen LogP contribution in [0.4, 0.5) is 23.2 Å². The Kier molecular flexibility index (Phi) is 6.25. The van der Waals surface area contributed by atoms with E-state index in [0.717, 1.165) is 22.5 Å². The number of hydrogen-bond acceptors (Lipinski definition) is 6. The summed E-state index contributed by atoms with van der Waals surface area (Å²) < 4.78 is 78.2. The minimum Gasteiger partial charge on any atom is -0.386 e. The maximum atomic E-state index is 14.9. The smallest absolute Gasteiger partial charge is 0.386 e. The van der Waals surface area contributed by atoms with Gasteiger partial charge in [-0.05, 0) is 51.1 Å². The number of amides is 1. The number of carbonyl (C=O) groups excluding carboxylic acids is 1. The minimum absolute atomic E-state index is 0.0339. The lowest BCUT2D eigenvalue weighted by molar-refractivity contribution is -0.137. The fourth-order valence-electron chi connectivity index (χ4n) is 3.53. The van der Waals surface area contributed by atoms with Crippen LogP contribution in [0.1, 0.15) is 42.4 Å². The molecule has 1 aliphatic heterocycles. The van der Waals surface area contributed by atoms with Crippen molar-refractivity contribution in [1.82, 2.24) is 9.29 Å². The van der Waals surface area contributed by atoms with E-state index in [2.05, 4.69) is 15.3 Å². The molecule has 3 N–H and O–H groups in total. The maximum Gasteiger partial charge on any atom is 0.417 e. The van der Waals surface area contributed by atoms with E-state index in [9.17, 15) is 30.8 Å². The second-order valence-corrected chi connectivity index (χ2v) is 11.2. The molecule has 13 heteroatoms. The van der Waals surface area contributed by atoms with Gasteiger partial charge in [-0.15, -0.1) is 0 Å². The summed E-state index contributed by atoms with van der Waals surface area (Å²) >= 11 is 0. The summed E-state index contributed by atoms with van der Waals surface area (Å²) in [6.45, 7) is 4.07. The predicted octanol–water partition coefficient (Wildman–Crippen LogP) is 3.12. The molecule has 1 aliphatic rings. The van der Waals surface area contributed by atoms with Gasteiger partial charge in [0.25, 0.3) is 5.91 Å². The molecule has 34 heavy (non-hydrogen) atoms. The first-order chi connectivity index (χ1) is 15.5. The molecule has 8 nitrogen and oxygen atoms in total. The van der Waals surface area contributed by atoms with Gasteiger partial charge in [-0.2, -0.15) is 13.2 Å². The molecule has 2 heterocycles. The van der Waals surface area contributed by atoms with E-state index < -0.39 is 43.8 Å². The Labute approximate surface area is 193 Å². The van der Waals surface area contributed by atoms with E-state index in [4.69, 9.17) is 5.73 Å². The molecule has 0 bridgehead atoms. The molecular formula is C21H23F4N5O3S. The van der Waals surface area contributed by atoms with Gasteiger partial charge in [0.2, 0.25) is 10.0 Å². The van der Waals surface area contributed by atoms with Crippen LogP contribution in [-0.2, 0) is 21.7 Å². The first kappa shape index (κ1) is 25.6. The van der Waals surface area contributed by atoms with Crippen LogP contribution in [0.2, 0.25) is 0 Å². The number of sulfonamides is 1. The predicted molar refractivity (Wildman–Crippen MR) is 118 cm³/mol. The van der Waals surface area contributed by atoms with Crippen LogP contribution in [0.25, 0.3) is 0 Å². The van der Waals surface area contributed by atoms with Crippen molar-refractivity contribution in [2.75, 3.05) is 18.9 Å². The number of alkyl halides is 3. The molecule has 2 aromatic rings. The molecule has 1 atom stereocenters. The van der Waals surface area contributed by atoms with Gasteiger partial charge in [-0.3, -0.25) is 14.8 Å². The molecule has 1 aromatic heterocycles. The summed E-state index contributed by atoms with van der Waals surface area (Å²) in [5.74, 6) is -1.74. The third kappa shape index (κ3) is 4.49. The summed E-state index contributed by atoms with van der Waals surface area (Å²) in [6.07, 6.45) is -4.06. The van der Waals surface area contributed by atoms with E-state index in [-0.39, 0.29) is 29.3 Å². The molecule has 0 spiro atoms. The van der Waals surface area contributed by atoms with E-state index in [0.29, 0.717) is 6.20 Å². The molecule has 0 aliphatic carbocycles. The van der Waals surface area contributed by atoms with Gasteiger partial charge in [-0.1, -0.05) is 0 Å². The van der Waals surface area contributed by atoms with Crippen LogP contribution in [0.15, 0.2) is 41.5 Å². The van der Waals surface area contributed by atoms with Crippen molar-refractivity contribution in [2.45, 2.75) is 37.2 Å². The van der Waals surface area contributed by atoms with E-state index in [1.807, 2.05) is 0 Å². The highest BCUT2D eigenvalue weighted by molar-refractivity contribution is 7.91. The number of pyridine rings is 1. The van der Waals surface area contributed by atoms with Crippen molar-refractivity contribution in [1.29, 1.82) is 0 Å². The number of aromatic nitrogens is 1. The van der Waals surface area contributed by atoms with Crippen molar-refractivity contribution in [3.8, 4) is 0 Å². The summed E-state index contributed by atoms with van der Waals surface area (Å²) in [4.78, 5) is 20.4. The number of nitrogens with one attached hydrogen (secondary N) is 1. The van der Waals surface area contributed by atoms with Crippen molar-refractivity contribution < 1.29 is 30.8 Å². The molecule has 0 radical (unpaired) electrons. The molecular weight excluding hydrogens is 478 g/mol. The number of nitrogens with two attached hydrogens (primary N) is 1. The van der Waals surface area contributed by atoms with E-state index in [1.54, 1.807) is 0 Å². The molecule has 0 saturated heterocycles. The van der Waals surface area contributed by atoms with Gasteiger partial charge in [0.1, 0.15) is 27.6 Å². The topological polar surface area (TPSA) is 118 Å². The lowest BCUT2D eigenvalue weighted by Gasteiger charge is -2.29. The summed E-state index contributed by atoms with van der Waals surface area (Å²) in [7, 11) is -2.56. The number of carbonyl (C=O) groups is 1. The lowest BCUT2D eigenvalue weighted by Crippen LogP contribution is -2.50. The highest BCUT2D eigenvalue weighted by Crippen LogP contribution is 2.36. The standard InChI is InChI=1S/C21H23F4N5O3S/c1-19(2)18(26)29-20(3,11-30(4)34(19,32)33)14-9-13(6-7-15(14)22)28-17(31)16-8-5-12(10-27-16)21(23,24)25/h5-10H,11H2,1-4H3,(H2,26,29)(H,28,31)/t20-/m0/s1. The Hall–Kier alpha value is -3.06. The van der Waals surface area contributed by atoms with Crippen molar-refractivity contribution in [3.63, 3.8) is 0 Å². The number of anilines is 1. The highest BCUT2D eigenvalue weighted by atomic mass is 32.2. The molecule has 0 fully saturated rings. The maximum absolute atomic E-state index is 14.9. The molecule has 184 valence electrons. The zero-order chi connectivity index (χ0) is 25.7. The molecule has 1 amide bonds. The number of rotatable bonds is 3. The quantitative estimate of drug-likeness (QED) is 0.627. The number of nitrogens with zero attached hydrogens (tertiary/aromatic N) is 3. The second kappa shape index (κ2) is 8.31. The largest absolute Gasteiger partial charge is 0.417 e. The Bertz CT molecular complexity index is 1260. The Balaban J connectivity index is 1.96. The summed E-state index contributed by atoms with van der Waals surface area (Å²) in [5, 5.41) is 2.45. The number of benzene rings is 1. The third-order valence-electron chi connectivity index (χ3n) is 5.70. The number of likely N-dealkylation sites (N-methyl/N-ethyl adjacent to an activating group) is 1. The number of amidine groups is 1.